The van der Waals surface area contributed by atoms with Gasteiger partial charge in [-0.3, -0.25) is 9.38 Å². The lowest BCUT2D eigenvalue weighted by atomic mass is 10.1. The van der Waals surface area contributed by atoms with Crippen molar-refractivity contribution in [2.45, 2.75) is 6.54 Å². The molecule has 0 bridgehead atoms. The number of fused-ring (bicyclic) bond motifs is 1. The average molecular weight is 390 g/mol. The van der Waals surface area contributed by atoms with Gasteiger partial charge >= 0.3 is 0 Å². The normalized spacial score (nSPS) is 10.7. The predicted octanol–water partition coefficient (Wildman–Crippen LogP) is 4.03. The number of imidazole rings is 1. The third-order valence-electron chi connectivity index (χ3n) is 4.69. The molecule has 148 valence electrons. The van der Waals surface area contributed by atoms with Crippen molar-refractivity contribution in [3.05, 3.63) is 66.6 Å². The molecule has 4 rings (SSSR count). The van der Waals surface area contributed by atoms with Gasteiger partial charge in [-0.1, -0.05) is 30.3 Å². The molecule has 0 aliphatic carbocycles. The number of nitrogens with zero attached hydrogens (tertiary/aromatic N) is 3. The molecule has 0 saturated heterocycles. The minimum absolute atomic E-state index is 0.595. The molecule has 7 nitrogen and oxygen atoms in total. The van der Waals surface area contributed by atoms with E-state index in [0.717, 1.165) is 22.7 Å². The Morgan fingerprint density at radius 3 is 2.38 bits per heavy atom. The molecule has 0 amide bonds. The Morgan fingerprint density at radius 2 is 1.66 bits per heavy atom. The van der Waals surface area contributed by atoms with Crippen LogP contribution in [0.25, 0.3) is 16.9 Å². The SMILES string of the molecule is COc1cc(OC)c(-c2nc3cnccn3c2NCc2ccccc2)cc1OC. The first-order valence-corrected chi connectivity index (χ1v) is 9.15. The van der Waals surface area contributed by atoms with Crippen molar-refractivity contribution < 1.29 is 14.2 Å². The molecule has 0 aliphatic rings. The first-order chi connectivity index (χ1) is 14.2. The van der Waals surface area contributed by atoms with Gasteiger partial charge in [0.25, 0.3) is 0 Å². The lowest BCUT2D eigenvalue weighted by molar-refractivity contribution is 0.349. The van der Waals surface area contributed by atoms with Crippen LogP contribution >= 0.6 is 0 Å². The van der Waals surface area contributed by atoms with Gasteiger partial charge in [0.2, 0.25) is 0 Å². The number of methoxy groups -OCH3 is 3. The van der Waals surface area contributed by atoms with E-state index in [1.54, 1.807) is 39.8 Å². The molecule has 2 heterocycles. The van der Waals surface area contributed by atoms with Gasteiger partial charge < -0.3 is 19.5 Å². The monoisotopic (exact) mass is 390 g/mol. The summed E-state index contributed by atoms with van der Waals surface area (Å²) in [7, 11) is 4.83. The third kappa shape index (κ3) is 3.54. The van der Waals surface area contributed by atoms with Crippen LogP contribution in [-0.2, 0) is 6.54 Å². The van der Waals surface area contributed by atoms with Crippen molar-refractivity contribution in [3.63, 3.8) is 0 Å². The second-order valence-electron chi connectivity index (χ2n) is 6.36. The molecule has 7 heteroatoms. The maximum absolute atomic E-state index is 5.63. The molecule has 4 aromatic rings. The van der Waals surface area contributed by atoms with Crippen LogP contribution in [0, 0.1) is 0 Å². The molecule has 29 heavy (non-hydrogen) atoms. The molecule has 0 unspecified atom stereocenters. The number of anilines is 1. The molecular weight excluding hydrogens is 368 g/mol. The summed E-state index contributed by atoms with van der Waals surface area (Å²) in [6, 6.07) is 13.9. The summed E-state index contributed by atoms with van der Waals surface area (Å²) >= 11 is 0. The number of hydrogen-bond donors (Lipinski definition) is 1. The van der Waals surface area contributed by atoms with E-state index < -0.39 is 0 Å². The number of benzene rings is 2. The summed E-state index contributed by atoms with van der Waals surface area (Å²) in [6.07, 6.45) is 5.34. The summed E-state index contributed by atoms with van der Waals surface area (Å²) in [5, 5.41) is 3.51. The molecule has 1 N–H and O–H groups in total. The summed E-state index contributed by atoms with van der Waals surface area (Å²) in [6.45, 7) is 0.652. The Kier molecular flexibility index (Phi) is 5.20. The van der Waals surface area contributed by atoms with E-state index in [4.69, 9.17) is 19.2 Å². The number of ether oxygens (including phenoxy) is 3. The second-order valence-corrected chi connectivity index (χ2v) is 6.36. The van der Waals surface area contributed by atoms with Gasteiger partial charge in [-0.2, -0.15) is 0 Å². The van der Waals surface area contributed by atoms with Gasteiger partial charge in [0, 0.05) is 30.6 Å². The number of rotatable bonds is 7. The van der Waals surface area contributed by atoms with E-state index >= 15 is 0 Å². The zero-order chi connectivity index (χ0) is 20.2. The second kappa shape index (κ2) is 8.10. The predicted molar refractivity (Wildman–Crippen MR) is 112 cm³/mol. The van der Waals surface area contributed by atoms with Gasteiger partial charge in [0.15, 0.2) is 17.1 Å². The van der Waals surface area contributed by atoms with Crippen LogP contribution in [0.15, 0.2) is 61.1 Å². The molecular formula is C22H22N4O3. The summed E-state index contributed by atoms with van der Waals surface area (Å²) in [4.78, 5) is 8.99. The maximum atomic E-state index is 5.63. The zero-order valence-electron chi connectivity index (χ0n) is 16.5. The van der Waals surface area contributed by atoms with E-state index in [1.807, 2.05) is 34.9 Å². The molecule has 0 atom stereocenters. The molecule has 2 aromatic carbocycles. The smallest absolute Gasteiger partial charge is 0.164 e. The van der Waals surface area contributed by atoms with E-state index in [0.29, 0.717) is 23.8 Å². The Balaban J connectivity index is 1.85. The van der Waals surface area contributed by atoms with Crippen LogP contribution in [-0.4, -0.2) is 35.7 Å². The van der Waals surface area contributed by atoms with Gasteiger partial charge in [0.1, 0.15) is 17.3 Å². The molecule has 2 aromatic heterocycles. The lowest BCUT2D eigenvalue weighted by Gasteiger charge is -2.15. The topological polar surface area (TPSA) is 69.9 Å². The Morgan fingerprint density at radius 1 is 0.931 bits per heavy atom. The standard InChI is InChI=1S/C22H22N4O3/c1-27-17-12-19(29-3)18(28-2)11-16(17)21-22(24-13-15-7-5-4-6-8-15)26-10-9-23-14-20(26)25-21/h4-12,14,24H,13H2,1-3H3. The highest BCUT2D eigenvalue weighted by Gasteiger charge is 2.20. The van der Waals surface area contributed by atoms with Crippen molar-refractivity contribution in [2.24, 2.45) is 0 Å². The first-order valence-electron chi connectivity index (χ1n) is 9.15. The van der Waals surface area contributed by atoms with Gasteiger partial charge in [-0.05, 0) is 11.6 Å². The Bertz CT molecular complexity index is 1130. The van der Waals surface area contributed by atoms with Crippen LogP contribution in [0.3, 0.4) is 0 Å². The van der Waals surface area contributed by atoms with E-state index in [2.05, 4.69) is 22.4 Å². The van der Waals surface area contributed by atoms with Crippen LogP contribution in [0.1, 0.15) is 5.56 Å². The van der Waals surface area contributed by atoms with E-state index in [9.17, 15) is 0 Å². The highest BCUT2D eigenvalue weighted by atomic mass is 16.5. The Hall–Kier alpha value is -3.74. The van der Waals surface area contributed by atoms with E-state index in [1.165, 1.54) is 5.56 Å². The maximum Gasteiger partial charge on any atom is 0.164 e. The fourth-order valence-corrected chi connectivity index (χ4v) is 3.26. The van der Waals surface area contributed by atoms with E-state index in [-0.39, 0.29) is 0 Å². The fraction of sp³-hybridized carbons (Fsp3) is 0.182. The van der Waals surface area contributed by atoms with Crippen LogP contribution < -0.4 is 19.5 Å². The molecule has 0 fully saturated rings. The van der Waals surface area contributed by atoms with Crippen molar-refractivity contribution in [3.8, 4) is 28.5 Å². The minimum atomic E-state index is 0.595. The molecule has 0 spiro atoms. The number of hydrogen-bond acceptors (Lipinski definition) is 6. The minimum Gasteiger partial charge on any atom is -0.496 e. The molecule has 0 aliphatic heterocycles. The first kappa shape index (κ1) is 18.6. The van der Waals surface area contributed by atoms with Gasteiger partial charge in [0.05, 0.1) is 27.5 Å². The molecule has 0 radical (unpaired) electrons. The largest absolute Gasteiger partial charge is 0.496 e. The zero-order valence-corrected chi connectivity index (χ0v) is 16.5. The summed E-state index contributed by atoms with van der Waals surface area (Å²) < 4.78 is 18.5. The highest BCUT2D eigenvalue weighted by Crippen LogP contribution is 2.42. The lowest BCUT2D eigenvalue weighted by Crippen LogP contribution is -2.04. The highest BCUT2D eigenvalue weighted by molar-refractivity contribution is 5.82. The molecule has 0 saturated carbocycles. The van der Waals surface area contributed by atoms with Crippen molar-refractivity contribution in [1.29, 1.82) is 0 Å². The van der Waals surface area contributed by atoms with Crippen molar-refractivity contribution in [1.82, 2.24) is 14.4 Å². The number of nitrogens with one attached hydrogen (secondary N) is 1. The summed E-state index contributed by atoms with van der Waals surface area (Å²) in [5.41, 5.74) is 3.44. The summed E-state index contributed by atoms with van der Waals surface area (Å²) in [5.74, 6) is 2.68. The Labute approximate surface area is 168 Å². The average Bonchev–Trinajstić information content (AvgIpc) is 3.15. The number of aromatic nitrogens is 3. The van der Waals surface area contributed by atoms with Crippen LogP contribution in [0.4, 0.5) is 5.82 Å². The van der Waals surface area contributed by atoms with Crippen molar-refractivity contribution in [2.75, 3.05) is 26.6 Å². The third-order valence-corrected chi connectivity index (χ3v) is 4.69. The van der Waals surface area contributed by atoms with Gasteiger partial charge in [-0.25, -0.2) is 4.98 Å². The quantitative estimate of drug-likeness (QED) is 0.514. The van der Waals surface area contributed by atoms with Crippen LogP contribution in [0.2, 0.25) is 0 Å². The van der Waals surface area contributed by atoms with Gasteiger partial charge in [-0.15, -0.1) is 0 Å². The van der Waals surface area contributed by atoms with Crippen LogP contribution in [0.5, 0.6) is 17.2 Å². The van der Waals surface area contributed by atoms with Crippen molar-refractivity contribution >= 4 is 11.5 Å². The fourth-order valence-electron chi connectivity index (χ4n) is 3.26.